The summed E-state index contributed by atoms with van der Waals surface area (Å²) in [4.78, 5) is 11.0. The van der Waals surface area contributed by atoms with Gasteiger partial charge >= 0.3 is 5.97 Å². The number of aromatic nitrogens is 2. The van der Waals surface area contributed by atoms with E-state index in [9.17, 15) is 9.18 Å². The molecule has 5 nitrogen and oxygen atoms in total. The monoisotopic (exact) mass is 408 g/mol. The summed E-state index contributed by atoms with van der Waals surface area (Å²) < 4.78 is 22.1. The lowest BCUT2D eigenvalue weighted by atomic mass is 9.96. The lowest BCUT2D eigenvalue weighted by molar-refractivity contribution is -0.137. The Hall–Kier alpha value is -3.33. The molecule has 0 unspecified atom stereocenters. The summed E-state index contributed by atoms with van der Waals surface area (Å²) >= 11 is 0. The third kappa shape index (κ3) is 4.98. The molecule has 0 bridgehead atoms. The normalized spacial score (nSPS) is 11.7. The highest BCUT2D eigenvalue weighted by Crippen LogP contribution is 2.26. The van der Waals surface area contributed by atoms with Crippen molar-refractivity contribution in [2.45, 2.75) is 52.2 Å². The second kappa shape index (κ2) is 9.93. The van der Waals surface area contributed by atoms with E-state index in [1.54, 1.807) is 23.7 Å². The Morgan fingerprint density at radius 1 is 1.27 bits per heavy atom. The molecule has 3 aromatic rings. The Kier molecular flexibility index (Phi) is 7.08. The maximum atomic E-state index is 14.5. The fourth-order valence-electron chi connectivity index (χ4n) is 3.41. The SMILES string of the molecule is CC#C[C@@H](CC(=O)O)c1ccc(OCc2cccc3c2c(F)nn3CCCC)cc1. The van der Waals surface area contributed by atoms with Crippen LogP contribution < -0.4 is 4.74 Å². The predicted molar refractivity (Wildman–Crippen MR) is 114 cm³/mol. The first-order valence-electron chi connectivity index (χ1n) is 10.0. The summed E-state index contributed by atoms with van der Waals surface area (Å²) in [5.74, 6) is 4.59. The molecular formula is C24H25FN2O3. The highest BCUT2D eigenvalue weighted by Gasteiger charge is 2.15. The lowest BCUT2D eigenvalue weighted by Gasteiger charge is -2.11. The fourth-order valence-corrected chi connectivity index (χ4v) is 3.41. The van der Waals surface area contributed by atoms with Gasteiger partial charge in [0.05, 0.1) is 23.2 Å². The van der Waals surface area contributed by atoms with Crippen molar-refractivity contribution < 1.29 is 19.0 Å². The first-order valence-corrected chi connectivity index (χ1v) is 10.0. The number of nitrogens with zero attached hydrogens (tertiary/aromatic N) is 2. The lowest BCUT2D eigenvalue weighted by Crippen LogP contribution is -2.04. The van der Waals surface area contributed by atoms with E-state index >= 15 is 0 Å². The Bertz CT molecular complexity index is 1080. The molecule has 0 aliphatic carbocycles. The van der Waals surface area contributed by atoms with Crippen molar-refractivity contribution in [2.75, 3.05) is 0 Å². The molecule has 1 aromatic heterocycles. The number of fused-ring (bicyclic) bond motifs is 1. The molecule has 1 atom stereocenters. The van der Waals surface area contributed by atoms with Gasteiger partial charge < -0.3 is 9.84 Å². The summed E-state index contributed by atoms with van der Waals surface area (Å²) in [7, 11) is 0. The Morgan fingerprint density at radius 2 is 2.03 bits per heavy atom. The maximum Gasteiger partial charge on any atom is 0.304 e. The number of carbonyl (C=O) groups is 1. The molecular weight excluding hydrogens is 383 g/mol. The quantitative estimate of drug-likeness (QED) is 0.498. The number of carboxylic acids is 1. The minimum absolute atomic E-state index is 0.0513. The second-order valence-corrected chi connectivity index (χ2v) is 7.08. The van der Waals surface area contributed by atoms with Gasteiger partial charge in [0.15, 0.2) is 0 Å². The molecule has 30 heavy (non-hydrogen) atoms. The number of aryl methyl sites for hydroxylation is 1. The van der Waals surface area contributed by atoms with E-state index in [2.05, 4.69) is 23.9 Å². The fraction of sp³-hybridized carbons (Fsp3) is 0.333. The molecule has 1 N–H and O–H groups in total. The standard InChI is InChI=1S/C24H25FN2O3/c1-3-5-14-27-21-9-6-8-19(23(21)24(25)26-27)16-30-20-12-10-17(11-13-20)18(7-4-2)15-22(28)29/h6,8-13,18H,3,5,14-16H2,1-2H3,(H,28,29)/t18-/m0/s1. The van der Waals surface area contributed by atoms with Crippen LogP contribution in [0.1, 0.15) is 50.2 Å². The molecule has 3 rings (SSSR count). The number of hydrogen-bond donors (Lipinski definition) is 1. The van der Waals surface area contributed by atoms with Crippen molar-refractivity contribution in [3.63, 3.8) is 0 Å². The number of rotatable bonds is 9. The van der Waals surface area contributed by atoms with Gasteiger partial charge in [-0.15, -0.1) is 11.0 Å². The minimum atomic E-state index is -0.891. The van der Waals surface area contributed by atoms with Crippen molar-refractivity contribution >= 4 is 16.9 Å². The molecule has 0 radical (unpaired) electrons. The van der Waals surface area contributed by atoms with Crippen molar-refractivity contribution in [3.8, 4) is 17.6 Å². The molecule has 156 valence electrons. The zero-order valence-corrected chi connectivity index (χ0v) is 17.2. The van der Waals surface area contributed by atoms with E-state index in [0.717, 1.165) is 29.5 Å². The highest BCUT2D eigenvalue weighted by atomic mass is 19.1. The molecule has 1 heterocycles. The average Bonchev–Trinajstić information content (AvgIpc) is 3.07. The number of halogens is 1. The van der Waals surface area contributed by atoms with Crippen molar-refractivity contribution in [1.82, 2.24) is 9.78 Å². The van der Waals surface area contributed by atoms with Crippen LogP contribution in [0.25, 0.3) is 10.9 Å². The number of aliphatic carboxylic acids is 1. The van der Waals surface area contributed by atoms with Gasteiger partial charge in [0.1, 0.15) is 12.4 Å². The van der Waals surface area contributed by atoms with Gasteiger partial charge in [0.25, 0.3) is 0 Å². The molecule has 0 fully saturated rings. The molecule has 0 saturated heterocycles. The number of benzene rings is 2. The van der Waals surface area contributed by atoms with Crippen LogP contribution in [0.15, 0.2) is 42.5 Å². The van der Waals surface area contributed by atoms with Gasteiger partial charge in [-0.1, -0.05) is 43.5 Å². The first kappa shape index (κ1) is 21.4. The van der Waals surface area contributed by atoms with Crippen LogP contribution in [0.4, 0.5) is 4.39 Å². The Balaban J connectivity index is 1.75. The van der Waals surface area contributed by atoms with Crippen molar-refractivity contribution in [3.05, 3.63) is 59.5 Å². The van der Waals surface area contributed by atoms with Gasteiger partial charge in [0, 0.05) is 12.1 Å². The van der Waals surface area contributed by atoms with Crippen molar-refractivity contribution in [2.24, 2.45) is 0 Å². The van der Waals surface area contributed by atoms with Gasteiger partial charge in [-0.05, 0) is 37.1 Å². The largest absolute Gasteiger partial charge is 0.489 e. The number of ether oxygens (including phenoxy) is 1. The summed E-state index contributed by atoms with van der Waals surface area (Å²) in [5.41, 5.74) is 2.33. The first-order chi connectivity index (χ1) is 14.5. The topological polar surface area (TPSA) is 64.3 Å². The van der Waals surface area contributed by atoms with Crippen LogP contribution in [-0.2, 0) is 17.9 Å². The average molecular weight is 408 g/mol. The summed E-state index contributed by atoms with van der Waals surface area (Å²) in [5, 5.41) is 13.6. The number of unbranched alkanes of at least 4 members (excludes halogenated alkanes) is 1. The molecule has 2 aromatic carbocycles. The van der Waals surface area contributed by atoms with Crippen LogP contribution in [-0.4, -0.2) is 20.9 Å². The van der Waals surface area contributed by atoms with E-state index in [1.165, 1.54) is 0 Å². The van der Waals surface area contributed by atoms with Crippen LogP contribution in [0, 0.1) is 17.8 Å². The van der Waals surface area contributed by atoms with Crippen LogP contribution in [0.5, 0.6) is 5.75 Å². The van der Waals surface area contributed by atoms with Gasteiger partial charge in [-0.3, -0.25) is 9.48 Å². The van der Waals surface area contributed by atoms with E-state index in [-0.39, 0.29) is 18.9 Å². The number of hydrogen-bond acceptors (Lipinski definition) is 3. The van der Waals surface area contributed by atoms with Gasteiger partial charge in [0.2, 0.25) is 5.95 Å². The minimum Gasteiger partial charge on any atom is -0.489 e. The highest BCUT2D eigenvalue weighted by molar-refractivity contribution is 5.82. The molecule has 0 saturated carbocycles. The predicted octanol–water partition coefficient (Wildman–Crippen LogP) is 5.14. The Morgan fingerprint density at radius 3 is 2.70 bits per heavy atom. The number of carboxylic acid groups (broad SMARTS) is 1. The van der Waals surface area contributed by atoms with E-state index < -0.39 is 11.9 Å². The van der Waals surface area contributed by atoms with Crippen molar-refractivity contribution in [1.29, 1.82) is 0 Å². The maximum absolute atomic E-state index is 14.5. The zero-order valence-electron chi connectivity index (χ0n) is 17.2. The third-order valence-electron chi connectivity index (χ3n) is 4.92. The summed E-state index contributed by atoms with van der Waals surface area (Å²) in [6.45, 7) is 4.67. The third-order valence-corrected chi connectivity index (χ3v) is 4.92. The van der Waals surface area contributed by atoms with E-state index in [0.29, 0.717) is 17.7 Å². The summed E-state index contributed by atoms with van der Waals surface area (Å²) in [6, 6.07) is 12.8. The van der Waals surface area contributed by atoms with Crippen LogP contribution >= 0.6 is 0 Å². The molecule has 6 heteroatoms. The molecule has 0 amide bonds. The molecule has 0 aliphatic heterocycles. The Labute approximate surface area is 175 Å². The van der Waals surface area contributed by atoms with Gasteiger partial charge in [-0.2, -0.15) is 4.39 Å². The molecule has 0 spiro atoms. The second-order valence-electron chi connectivity index (χ2n) is 7.08. The van der Waals surface area contributed by atoms with Crippen LogP contribution in [0.2, 0.25) is 0 Å². The molecule has 0 aliphatic rings. The van der Waals surface area contributed by atoms with Gasteiger partial charge in [-0.25, -0.2) is 0 Å². The zero-order chi connectivity index (χ0) is 21.5. The van der Waals surface area contributed by atoms with Crippen LogP contribution in [0.3, 0.4) is 0 Å². The van der Waals surface area contributed by atoms with E-state index in [4.69, 9.17) is 9.84 Å². The summed E-state index contributed by atoms with van der Waals surface area (Å²) in [6.07, 6.45) is 1.90. The smallest absolute Gasteiger partial charge is 0.304 e. The van der Waals surface area contributed by atoms with E-state index in [1.807, 2.05) is 30.3 Å².